The van der Waals surface area contributed by atoms with E-state index in [1.807, 2.05) is 6.20 Å². The first-order valence-corrected chi connectivity index (χ1v) is 5.15. The molecule has 0 N–H and O–H groups in total. The van der Waals surface area contributed by atoms with E-state index in [-0.39, 0.29) is 0 Å². The molecule has 0 radical (unpaired) electrons. The molecule has 1 nitrogen and oxygen atoms in total. The van der Waals surface area contributed by atoms with E-state index in [4.69, 9.17) is 0 Å². The predicted octanol–water partition coefficient (Wildman–Crippen LogP) is 3.17. The van der Waals surface area contributed by atoms with Crippen molar-refractivity contribution in [1.82, 2.24) is 4.90 Å². The molecule has 0 saturated heterocycles. The van der Waals surface area contributed by atoms with E-state index in [0.717, 1.165) is 6.04 Å². The van der Waals surface area contributed by atoms with E-state index in [1.165, 1.54) is 32.1 Å². The molecule has 0 aromatic carbocycles. The number of hydrogen-bond acceptors (Lipinski definition) is 1. The van der Waals surface area contributed by atoms with Crippen molar-refractivity contribution >= 4 is 0 Å². The van der Waals surface area contributed by atoms with E-state index in [1.54, 1.807) is 0 Å². The van der Waals surface area contributed by atoms with Gasteiger partial charge in [-0.2, -0.15) is 0 Å². The zero-order valence-corrected chi connectivity index (χ0v) is 8.42. The highest BCUT2D eigenvalue weighted by atomic mass is 15.2. The molecule has 0 atom stereocenters. The van der Waals surface area contributed by atoms with Gasteiger partial charge in [0.1, 0.15) is 0 Å². The summed E-state index contributed by atoms with van der Waals surface area (Å²) in [5.41, 5.74) is 0. The van der Waals surface area contributed by atoms with Gasteiger partial charge >= 0.3 is 0 Å². The lowest BCUT2D eigenvalue weighted by Gasteiger charge is -2.36. The Bertz CT molecular complexity index is 134. The van der Waals surface area contributed by atoms with Crippen molar-refractivity contribution in [2.75, 3.05) is 0 Å². The average molecular weight is 167 g/mol. The highest BCUT2D eigenvalue weighted by Crippen LogP contribution is 2.23. The predicted molar refractivity (Wildman–Crippen MR) is 54.0 cm³/mol. The quantitative estimate of drug-likeness (QED) is 0.624. The molecule has 1 saturated carbocycles. The van der Waals surface area contributed by atoms with Crippen LogP contribution >= 0.6 is 0 Å². The van der Waals surface area contributed by atoms with Gasteiger partial charge in [-0.3, -0.25) is 0 Å². The van der Waals surface area contributed by atoms with Gasteiger partial charge in [-0.1, -0.05) is 25.8 Å². The molecule has 1 heteroatoms. The lowest BCUT2D eigenvalue weighted by Crippen LogP contribution is -2.37. The van der Waals surface area contributed by atoms with Crippen molar-refractivity contribution < 1.29 is 0 Å². The molecular formula is C11H21N. The molecule has 1 rings (SSSR count). The van der Waals surface area contributed by atoms with Gasteiger partial charge in [-0.05, 0) is 32.9 Å². The van der Waals surface area contributed by atoms with Crippen LogP contribution in [0.3, 0.4) is 0 Å². The topological polar surface area (TPSA) is 3.24 Å². The number of nitrogens with zero attached hydrogens (tertiary/aromatic N) is 1. The first-order valence-electron chi connectivity index (χ1n) is 5.15. The number of rotatable bonds is 3. The first kappa shape index (κ1) is 9.63. The molecule has 0 aromatic rings. The Morgan fingerprint density at radius 3 is 2.25 bits per heavy atom. The van der Waals surface area contributed by atoms with Crippen LogP contribution in [-0.4, -0.2) is 17.0 Å². The minimum atomic E-state index is 0.616. The maximum Gasteiger partial charge on any atom is 0.0287 e. The van der Waals surface area contributed by atoms with E-state index in [2.05, 4.69) is 25.3 Å². The molecule has 0 amide bonds. The molecular weight excluding hydrogens is 146 g/mol. The first-order chi connectivity index (χ1) is 5.75. The molecule has 0 aliphatic heterocycles. The Labute approximate surface area is 76.5 Å². The van der Waals surface area contributed by atoms with Crippen molar-refractivity contribution in [2.45, 2.75) is 58.0 Å². The summed E-state index contributed by atoms with van der Waals surface area (Å²) in [7, 11) is 0. The second-order valence-corrected chi connectivity index (χ2v) is 4.02. The molecule has 1 aliphatic carbocycles. The summed E-state index contributed by atoms with van der Waals surface area (Å²) in [4.78, 5) is 2.42. The smallest absolute Gasteiger partial charge is 0.0287 e. The fourth-order valence-corrected chi connectivity index (χ4v) is 2.16. The summed E-state index contributed by atoms with van der Waals surface area (Å²) in [5, 5.41) is 0. The van der Waals surface area contributed by atoms with E-state index in [0.29, 0.717) is 6.04 Å². The van der Waals surface area contributed by atoms with Crippen LogP contribution in [0.2, 0.25) is 0 Å². The maximum atomic E-state index is 3.88. The summed E-state index contributed by atoms with van der Waals surface area (Å²) >= 11 is 0. The molecule has 12 heavy (non-hydrogen) atoms. The molecule has 0 unspecified atom stereocenters. The summed E-state index contributed by atoms with van der Waals surface area (Å²) < 4.78 is 0. The van der Waals surface area contributed by atoms with Crippen LogP contribution in [0.15, 0.2) is 12.8 Å². The maximum absolute atomic E-state index is 3.88. The molecule has 1 fully saturated rings. The third-order valence-electron chi connectivity index (χ3n) is 2.80. The zero-order chi connectivity index (χ0) is 8.97. The largest absolute Gasteiger partial charge is 0.373 e. The van der Waals surface area contributed by atoms with Crippen LogP contribution in [0, 0.1) is 0 Å². The Morgan fingerprint density at radius 1 is 1.25 bits per heavy atom. The van der Waals surface area contributed by atoms with Crippen molar-refractivity contribution in [1.29, 1.82) is 0 Å². The SMILES string of the molecule is C=CN(C(C)C)C1CCCCC1. The molecule has 70 valence electrons. The lowest BCUT2D eigenvalue weighted by atomic mass is 9.94. The van der Waals surface area contributed by atoms with Crippen LogP contribution in [-0.2, 0) is 0 Å². The Balaban J connectivity index is 2.45. The normalized spacial score (nSPS) is 19.6. The van der Waals surface area contributed by atoms with Crippen LogP contribution in [0.5, 0.6) is 0 Å². The van der Waals surface area contributed by atoms with Gasteiger partial charge in [0.2, 0.25) is 0 Å². The van der Waals surface area contributed by atoms with Crippen molar-refractivity contribution in [3.05, 3.63) is 12.8 Å². The second kappa shape index (κ2) is 4.54. The highest BCUT2D eigenvalue weighted by Gasteiger charge is 2.19. The van der Waals surface area contributed by atoms with Gasteiger partial charge in [0, 0.05) is 12.1 Å². The van der Waals surface area contributed by atoms with Crippen molar-refractivity contribution in [2.24, 2.45) is 0 Å². The monoisotopic (exact) mass is 167 g/mol. The van der Waals surface area contributed by atoms with E-state index in [9.17, 15) is 0 Å². The Hall–Kier alpha value is -0.460. The van der Waals surface area contributed by atoms with Gasteiger partial charge in [0.25, 0.3) is 0 Å². The van der Waals surface area contributed by atoms with E-state index < -0.39 is 0 Å². The van der Waals surface area contributed by atoms with Crippen molar-refractivity contribution in [3.63, 3.8) is 0 Å². The average Bonchev–Trinajstić information content (AvgIpc) is 2.07. The van der Waals surface area contributed by atoms with E-state index >= 15 is 0 Å². The fourth-order valence-electron chi connectivity index (χ4n) is 2.16. The van der Waals surface area contributed by atoms with Crippen LogP contribution < -0.4 is 0 Å². The summed E-state index contributed by atoms with van der Waals surface area (Å²) in [5.74, 6) is 0. The molecule has 0 heterocycles. The fraction of sp³-hybridized carbons (Fsp3) is 0.818. The third-order valence-corrected chi connectivity index (χ3v) is 2.80. The van der Waals surface area contributed by atoms with Gasteiger partial charge in [0.15, 0.2) is 0 Å². The second-order valence-electron chi connectivity index (χ2n) is 4.02. The van der Waals surface area contributed by atoms with Crippen LogP contribution in [0.4, 0.5) is 0 Å². The Kier molecular flexibility index (Phi) is 3.64. The van der Waals surface area contributed by atoms with Crippen molar-refractivity contribution in [3.8, 4) is 0 Å². The zero-order valence-electron chi connectivity index (χ0n) is 8.42. The third kappa shape index (κ3) is 2.26. The van der Waals surface area contributed by atoms with Crippen LogP contribution in [0.1, 0.15) is 46.0 Å². The van der Waals surface area contributed by atoms with Gasteiger partial charge in [0.05, 0.1) is 0 Å². The lowest BCUT2D eigenvalue weighted by molar-refractivity contribution is 0.182. The van der Waals surface area contributed by atoms with Gasteiger partial charge < -0.3 is 4.90 Å². The summed E-state index contributed by atoms with van der Waals surface area (Å²) in [6.45, 7) is 8.38. The van der Waals surface area contributed by atoms with Crippen LogP contribution in [0.25, 0.3) is 0 Å². The Morgan fingerprint density at radius 2 is 1.83 bits per heavy atom. The highest BCUT2D eigenvalue weighted by molar-refractivity contribution is 4.84. The molecule has 0 aromatic heterocycles. The summed E-state index contributed by atoms with van der Waals surface area (Å²) in [6, 6.07) is 1.39. The number of hydrogen-bond donors (Lipinski definition) is 0. The molecule has 0 bridgehead atoms. The molecule has 1 aliphatic rings. The summed E-state index contributed by atoms with van der Waals surface area (Å²) in [6.07, 6.45) is 8.98. The van der Waals surface area contributed by atoms with Gasteiger partial charge in [-0.15, -0.1) is 0 Å². The standard InChI is InChI=1S/C11H21N/c1-4-12(10(2)3)11-8-6-5-7-9-11/h4,10-11H,1,5-9H2,2-3H3. The minimum Gasteiger partial charge on any atom is -0.373 e. The minimum absolute atomic E-state index is 0.616. The van der Waals surface area contributed by atoms with Gasteiger partial charge in [-0.25, -0.2) is 0 Å². The molecule has 0 spiro atoms.